The van der Waals surface area contributed by atoms with E-state index >= 15 is 0 Å². The van der Waals surface area contributed by atoms with Gasteiger partial charge in [-0.15, -0.1) is 6.42 Å². The van der Waals surface area contributed by atoms with Crippen LogP contribution in [0.15, 0.2) is 42.5 Å². The van der Waals surface area contributed by atoms with Crippen LogP contribution in [0.2, 0.25) is 0 Å². The van der Waals surface area contributed by atoms with Gasteiger partial charge in [-0.1, -0.05) is 5.92 Å². The number of nitro benzene ring substituents is 1. The van der Waals surface area contributed by atoms with Crippen LogP contribution >= 0.6 is 0 Å². The minimum atomic E-state index is -0.520. The number of fused-ring (bicyclic) bond motifs is 1. The lowest BCUT2D eigenvalue weighted by Crippen LogP contribution is -1.95. The molecule has 0 unspecified atom stereocenters. The van der Waals surface area contributed by atoms with Crippen molar-refractivity contribution in [1.82, 2.24) is 9.71 Å². The molecule has 0 aliphatic heterocycles. The summed E-state index contributed by atoms with van der Waals surface area (Å²) in [7, 11) is 0. The Morgan fingerprint density at radius 2 is 1.95 bits per heavy atom. The number of non-ortho nitro benzene ring substituents is 1. The maximum absolute atomic E-state index is 10.8. The molecule has 0 aliphatic carbocycles. The fraction of sp³-hybridized carbons (Fsp3) is 0. The molecule has 0 radical (unpaired) electrons. The molecule has 6 nitrogen and oxygen atoms in total. The first-order valence-corrected chi connectivity index (χ1v) is 6.03. The molecule has 102 valence electrons. The Bertz CT molecular complexity index is 889. The highest BCUT2D eigenvalue weighted by Crippen LogP contribution is 2.26. The molecule has 0 spiro atoms. The minimum absolute atomic E-state index is 0.105. The van der Waals surface area contributed by atoms with Gasteiger partial charge in [-0.05, 0) is 30.3 Å². The summed E-state index contributed by atoms with van der Waals surface area (Å²) in [5, 5.41) is 20.9. The second-order valence-corrected chi connectivity index (χ2v) is 4.40. The number of benzene rings is 2. The molecule has 0 saturated heterocycles. The molecule has 2 aromatic carbocycles. The molecule has 0 aliphatic rings. The van der Waals surface area contributed by atoms with Crippen LogP contribution in [0, 0.1) is 22.5 Å². The van der Waals surface area contributed by atoms with Crippen molar-refractivity contribution in [2.45, 2.75) is 0 Å². The third kappa shape index (κ3) is 2.07. The maximum atomic E-state index is 10.8. The summed E-state index contributed by atoms with van der Waals surface area (Å²) >= 11 is 0. The van der Waals surface area contributed by atoms with Gasteiger partial charge >= 0.3 is 0 Å². The summed E-state index contributed by atoms with van der Waals surface area (Å²) in [6, 6.07) is 11.1. The first-order chi connectivity index (χ1) is 10.1. The van der Waals surface area contributed by atoms with E-state index in [1.54, 1.807) is 24.3 Å². The van der Waals surface area contributed by atoms with Gasteiger partial charge in [0.2, 0.25) is 0 Å². The number of nitrogens with zero attached hydrogens (tertiary/aromatic N) is 3. The van der Waals surface area contributed by atoms with Gasteiger partial charge in [-0.2, -0.15) is 4.73 Å². The van der Waals surface area contributed by atoms with Crippen molar-refractivity contribution < 1.29 is 10.1 Å². The molecule has 0 atom stereocenters. The summed E-state index contributed by atoms with van der Waals surface area (Å²) in [6.07, 6.45) is 5.29. The van der Waals surface area contributed by atoms with E-state index in [4.69, 9.17) is 6.42 Å². The predicted octanol–water partition coefficient (Wildman–Crippen LogP) is 2.83. The van der Waals surface area contributed by atoms with Gasteiger partial charge < -0.3 is 5.21 Å². The molecule has 3 rings (SSSR count). The molecule has 3 aromatic rings. The lowest BCUT2D eigenvalue weighted by atomic mass is 10.1. The zero-order valence-corrected chi connectivity index (χ0v) is 10.7. The van der Waals surface area contributed by atoms with Crippen LogP contribution in [-0.4, -0.2) is 19.8 Å². The van der Waals surface area contributed by atoms with Crippen molar-refractivity contribution in [3.63, 3.8) is 0 Å². The maximum Gasteiger partial charge on any atom is 0.271 e. The molecular formula is C15H9N3O3. The summed E-state index contributed by atoms with van der Waals surface area (Å²) in [5.41, 5.74) is 2.02. The summed E-state index contributed by atoms with van der Waals surface area (Å²) < 4.78 is 0.840. The highest BCUT2D eigenvalue weighted by molar-refractivity contribution is 5.82. The van der Waals surface area contributed by atoms with Gasteiger partial charge in [0, 0.05) is 23.3 Å². The molecule has 0 saturated carbocycles. The van der Waals surface area contributed by atoms with E-state index in [-0.39, 0.29) is 11.2 Å². The number of terminal acetylenes is 1. The first-order valence-electron chi connectivity index (χ1n) is 6.03. The van der Waals surface area contributed by atoms with Gasteiger partial charge in [0.25, 0.3) is 5.69 Å². The molecule has 0 fully saturated rings. The molecule has 1 aromatic heterocycles. The van der Waals surface area contributed by atoms with E-state index in [0.29, 0.717) is 16.9 Å². The van der Waals surface area contributed by atoms with E-state index in [0.717, 1.165) is 10.3 Å². The molecule has 0 bridgehead atoms. The average molecular weight is 279 g/mol. The Hall–Kier alpha value is -3.33. The van der Waals surface area contributed by atoms with Crippen molar-refractivity contribution in [1.29, 1.82) is 0 Å². The van der Waals surface area contributed by atoms with Crippen LogP contribution < -0.4 is 0 Å². The molecule has 21 heavy (non-hydrogen) atoms. The summed E-state index contributed by atoms with van der Waals surface area (Å²) in [4.78, 5) is 14.5. The average Bonchev–Trinajstić information content (AvgIpc) is 2.84. The summed E-state index contributed by atoms with van der Waals surface area (Å²) in [6.45, 7) is 0. The standard InChI is InChI=1S/C15H9N3O3/c1-2-10-3-5-11(6-4-10)15-16-13-8-7-12(18(20)21)9-14(13)17(15)19/h1,3-9,19H. The van der Waals surface area contributed by atoms with Crippen LogP contribution in [0.1, 0.15) is 5.56 Å². The first kappa shape index (κ1) is 12.7. The number of nitro groups is 1. The van der Waals surface area contributed by atoms with Crippen molar-refractivity contribution in [3.8, 4) is 23.7 Å². The zero-order valence-electron chi connectivity index (χ0n) is 10.7. The van der Waals surface area contributed by atoms with Gasteiger partial charge in [0.15, 0.2) is 5.82 Å². The smallest absolute Gasteiger partial charge is 0.271 e. The van der Waals surface area contributed by atoms with E-state index in [1.807, 2.05) is 0 Å². The Morgan fingerprint density at radius 1 is 1.24 bits per heavy atom. The molecular weight excluding hydrogens is 270 g/mol. The van der Waals surface area contributed by atoms with Gasteiger partial charge in [0.1, 0.15) is 5.52 Å². The van der Waals surface area contributed by atoms with Crippen LogP contribution in [0.3, 0.4) is 0 Å². The SMILES string of the molecule is C#Cc1ccc(-c2nc3ccc([N+](=O)[O-])cc3n2O)cc1. The Labute approximate surface area is 119 Å². The van der Waals surface area contributed by atoms with Crippen LogP contribution in [0.25, 0.3) is 22.4 Å². The molecule has 1 N–H and O–H groups in total. The fourth-order valence-electron chi connectivity index (χ4n) is 2.07. The van der Waals surface area contributed by atoms with E-state index in [2.05, 4.69) is 10.9 Å². The lowest BCUT2D eigenvalue weighted by Gasteiger charge is -2.01. The monoisotopic (exact) mass is 279 g/mol. The normalized spacial score (nSPS) is 10.4. The van der Waals surface area contributed by atoms with Crippen molar-refractivity contribution in [2.75, 3.05) is 0 Å². The third-order valence-electron chi connectivity index (χ3n) is 3.13. The van der Waals surface area contributed by atoms with Crippen LogP contribution in [0.5, 0.6) is 0 Å². The third-order valence-corrected chi connectivity index (χ3v) is 3.13. The zero-order chi connectivity index (χ0) is 15.0. The van der Waals surface area contributed by atoms with Crippen molar-refractivity contribution >= 4 is 16.7 Å². The highest BCUT2D eigenvalue weighted by Gasteiger charge is 2.15. The van der Waals surface area contributed by atoms with Crippen molar-refractivity contribution in [2.24, 2.45) is 0 Å². The van der Waals surface area contributed by atoms with Crippen LogP contribution in [0.4, 0.5) is 5.69 Å². The molecule has 0 amide bonds. The number of aromatic nitrogens is 2. The second-order valence-electron chi connectivity index (χ2n) is 4.40. The lowest BCUT2D eigenvalue weighted by molar-refractivity contribution is -0.384. The van der Waals surface area contributed by atoms with Crippen molar-refractivity contribution in [3.05, 3.63) is 58.1 Å². The van der Waals surface area contributed by atoms with E-state index < -0.39 is 4.92 Å². The fourth-order valence-corrected chi connectivity index (χ4v) is 2.07. The largest absolute Gasteiger partial charge is 0.426 e. The Kier molecular flexibility index (Phi) is 2.81. The van der Waals surface area contributed by atoms with Gasteiger partial charge in [-0.3, -0.25) is 10.1 Å². The number of hydrogen-bond acceptors (Lipinski definition) is 4. The Morgan fingerprint density at radius 3 is 2.57 bits per heavy atom. The molecule has 6 heteroatoms. The van der Waals surface area contributed by atoms with Gasteiger partial charge in [0.05, 0.1) is 10.4 Å². The highest BCUT2D eigenvalue weighted by atomic mass is 16.6. The van der Waals surface area contributed by atoms with E-state index in [1.165, 1.54) is 18.2 Å². The number of imidazole rings is 1. The van der Waals surface area contributed by atoms with Crippen LogP contribution in [-0.2, 0) is 0 Å². The second kappa shape index (κ2) is 4.65. The number of rotatable bonds is 2. The van der Waals surface area contributed by atoms with E-state index in [9.17, 15) is 15.3 Å². The van der Waals surface area contributed by atoms with Gasteiger partial charge in [-0.25, -0.2) is 4.98 Å². The quantitative estimate of drug-likeness (QED) is 0.338. The summed E-state index contributed by atoms with van der Waals surface area (Å²) in [5.74, 6) is 2.80. The predicted molar refractivity (Wildman–Crippen MR) is 76.9 cm³/mol. The topological polar surface area (TPSA) is 81.2 Å². The molecule has 1 heterocycles. The minimum Gasteiger partial charge on any atom is -0.426 e. The number of hydrogen-bond donors (Lipinski definition) is 1. The Balaban J connectivity index is 2.17.